The van der Waals surface area contributed by atoms with Crippen molar-refractivity contribution in [1.29, 1.82) is 0 Å². The van der Waals surface area contributed by atoms with Crippen LogP contribution < -0.4 is 20.7 Å². The van der Waals surface area contributed by atoms with E-state index in [-0.39, 0.29) is 29.9 Å². The minimum absolute atomic E-state index is 0. The third-order valence-electron chi connectivity index (χ3n) is 3.68. The minimum Gasteiger partial charge on any atom is -0.492 e. The Labute approximate surface area is 160 Å². The predicted octanol–water partition coefficient (Wildman–Crippen LogP) is 2.53. The van der Waals surface area contributed by atoms with E-state index in [0.29, 0.717) is 19.6 Å². The molecule has 0 bridgehead atoms. The number of nitrogens with one attached hydrogen (secondary N) is 3. The molecular weight excluding hydrogens is 419 g/mol. The molecular formula is C17H27IN4O2. The van der Waals surface area contributed by atoms with Crippen LogP contribution in [0.15, 0.2) is 23.2 Å². The smallest absolute Gasteiger partial charge is 0.224 e. The lowest BCUT2D eigenvalue weighted by molar-refractivity contribution is -0.116. The number of benzene rings is 1. The number of aliphatic imine (C=N–C) groups is 1. The van der Waals surface area contributed by atoms with E-state index in [9.17, 15) is 4.79 Å². The highest BCUT2D eigenvalue weighted by Crippen LogP contribution is 2.26. The zero-order valence-corrected chi connectivity index (χ0v) is 16.7. The SMILES string of the molecule is CCCCNC(=NC)NCCOc1ccc2c(c1)CCC(=O)N2.I. The second kappa shape index (κ2) is 11.1. The molecule has 0 spiro atoms. The van der Waals surface area contributed by atoms with E-state index in [2.05, 4.69) is 27.9 Å². The van der Waals surface area contributed by atoms with Crippen LogP contribution in [0.1, 0.15) is 31.7 Å². The van der Waals surface area contributed by atoms with Gasteiger partial charge in [0.2, 0.25) is 5.91 Å². The summed E-state index contributed by atoms with van der Waals surface area (Å²) in [6, 6.07) is 5.79. The highest BCUT2D eigenvalue weighted by molar-refractivity contribution is 14.0. The molecule has 0 atom stereocenters. The molecule has 0 saturated carbocycles. The molecule has 0 saturated heterocycles. The number of carbonyl (C=O) groups excluding carboxylic acids is 1. The summed E-state index contributed by atoms with van der Waals surface area (Å²) >= 11 is 0. The number of hydrogen-bond donors (Lipinski definition) is 3. The number of fused-ring (bicyclic) bond motifs is 1. The van der Waals surface area contributed by atoms with Crippen LogP contribution >= 0.6 is 24.0 Å². The third-order valence-corrected chi connectivity index (χ3v) is 3.68. The highest BCUT2D eigenvalue weighted by atomic mass is 127. The minimum atomic E-state index is 0. The van der Waals surface area contributed by atoms with E-state index in [1.54, 1.807) is 7.05 Å². The lowest BCUT2D eigenvalue weighted by Crippen LogP contribution is -2.39. The monoisotopic (exact) mass is 446 g/mol. The molecule has 0 fully saturated rings. The van der Waals surface area contributed by atoms with Crippen molar-refractivity contribution >= 4 is 41.5 Å². The maximum atomic E-state index is 11.3. The second-order valence-corrected chi connectivity index (χ2v) is 5.49. The number of guanidine groups is 1. The van der Waals surface area contributed by atoms with Gasteiger partial charge >= 0.3 is 0 Å². The Morgan fingerprint density at radius 3 is 2.83 bits per heavy atom. The Hall–Kier alpha value is -1.51. The maximum Gasteiger partial charge on any atom is 0.224 e. The number of nitrogens with zero attached hydrogens (tertiary/aromatic N) is 1. The van der Waals surface area contributed by atoms with E-state index in [1.165, 1.54) is 0 Å². The van der Waals surface area contributed by atoms with Crippen molar-refractivity contribution in [2.24, 2.45) is 4.99 Å². The van der Waals surface area contributed by atoms with Crippen molar-refractivity contribution in [3.05, 3.63) is 23.8 Å². The fourth-order valence-electron chi connectivity index (χ4n) is 2.39. The van der Waals surface area contributed by atoms with Crippen LogP contribution in [0.4, 0.5) is 5.69 Å². The third kappa shape index (κ3) is 6.54. The van der Waals surface area contributed by atoms with Crippen LogP contribution in [0, 0.1) is 0 Å². The standard InChI is InChI=1S/C17H26N4O2.HI/c1-3-4-9-19-17(18-2)20-10-11-23-14-6-7-15-13(12-14)5-8-16(22)21-15;/h6-7,12H,3-5,8-11H2,1-2H3,(H,21,22)(H2,18,19,20);1H. The molecule has 0 unspecified atom stereocenters. The Morgan fingerprint density at radius 2 is 2.08 bits per heavy atom. The van der Waals surface area contributed by atoms with Crippen molar-refractivity contribution in [1.82, 2.24) is 10.6 Å². The summed E-state index contributed by atoms with van der Waals surface area (Å²) < 4.78 is 5.76. The maximum absolute atomic E-state index is 11.3. The number of ether oxygens (including phenoxy) is 1. The first kappa shape index (κ1) is 20.5. The Bertz CT molecular complexity index is 564. The molecule has 0 aliphatic carbocycles. The molecule has 0 aromatic heterocycles. The molecule has 1 aromatic carbocycles. The van der Waals surface area contributed by atoms with Gasteiger partial charge in [-0.2, -0.15) is 0 Å². The van der Waals surface area contributed by atoms with Crippen LogP contribution in [0.2, 0.25) is 0 Å². The average Bonchev–Trinajstić information content (AvgIpc) is 2.57. The number of anilines is 1. The lowest BCUT2D eigenvalue weighted by atomic mass is 10.0. The van der Waals surface area contributed by atoms with Gasteiger partial charge in [0.15, 0.2) is 5.96 Å². The van der Waals surface area contributed by atoms with E-state index in [4.69, 9.17) is 4.74 Å². The fraction of sp³-hybridized carbons (Fsp3) is 0.529. The van der Waals surface area contributed by atoms with E-state index in [0.717, 1.165) is 48.8 Å². The second-order valence-electron chi connectivity index (χ2n) is 5.49. The predicted molar refractivity (Wildman–Crippen MR) is 109 cm³/mol. The zero-order chi connectivity index (χ0) is 16.5. The van der Waals surface area contributed by atoms with Gasteiger partial charge in [0.05, 0.1) is 6.54 Å². The first-order chi connectivity index (χ1) is 11.2. The van der Waals surface area contributed by atoms with Gasteiger partial charge in [0.25, 0.3) is 0 Å². The molecule has 1 aliphatic heterocycles. The van der Waals surface area contributed by atoms with Crippen molar-refractivity contribution in [3.63, 3.8) is 0 Å². The number of rotatable bonds is 7. The Morgan fingerprint density at radius 1 is 1.29 bits per heavy atom. The first-order valence-corrected chi connectivity index (χ1v) is 8.23. The van der Waals surface area contributed by atoms with Gasteiger partial charge in [-0.15, -0.1) is 24.0 Å². The van der Waals surface area contributed by atoms with E-state index < -0.39 is 0 Å². The van der Waals surface area contributed by atoms with Gasteiger partial charge in [-0.3, -0.25) is 9.79 Å². The zero-order valence-electron chi connectivity index (χ0n) is 14.4. The van der Waals surface area contributed by atoms with Gasteiger partial charge in [-0.25, -0.2) is 0 Å². The van der Waals surface area contributed by atoms with Crippen LogP contribution in [0.5, 0.6) is 5.75 Å². The van der Waals surface area contributed by atoms with Crippen molar-refractivity contribution in [2.45, 2.75) is 32.6 Å². The summed E-state index contributed by atoms with van der Waals surface area (Å²) in [7, 11) is 1.76. The molecule has 1 aromatic rings. The van der Waals surface area contributed by atoms with Crippen LogP contribution in [-0.4, -0.2) is 38.6 Å². The molecule has 0 radical (unpaired) electrons. The summed E-state index contributed by atoms with van der Waals surface area (Å²) in [4.78, 5) is 15.5. The van der Waals surface area contributed by atoms with Crippen LogP contribution in [0.25, 0.3) is 0 Å². The number of unbranched alkanes of at least 4 members (excludes halogenated alkanes) is 1. The molecule has 24 heavy (non-hydrogen) atoms. The number of amides is 1. The summed E-state index contributed by atoms with van der Waals surface area (Å²) in [5.74, 6) is 1.71. The van der Waals surface area contributed by atoms with Crippen molar-refractivity contribution < 1.29 is 9.53 Å². The summed E-state index contributed by atoms with van der Waals surface area (Å²) in [6.07, 6.45) is 3.59. The summed E-state index contributed by atoms with van der Waals surface area (Å²) in [5, 5.41) is 9.35. The summed E-state index contributed by atoms with van der Waals surface area (Å²) in [5.41, 5.74) is 2.03. The molecule has 7 heteroatoms. The summed E-state index contributed by atoms with van der Waals surface area (Å²) in [6.45, 7) is 4.32. The fourth-order valence-corrected chi connectivity index (χ4v) is 2.39. The van der Waals surface area contributed by atoms with Gasteiger partial charge in [0.1, 0.15) is 12.4 Å². The number of halogens is 1. The quantitative estimate of drug-likeness (QED) is 0.261. The molecule has 2 rings (SSSR count). The average molecular weight is 446 g/mol. The first-order valence-electron chi connectivity index (χ1n) is 8.23. The largest absolute Gasteiger partial charge is 0.492 e. The Balaban J connectivity index is 0.00000288. The lowest BCUT2D eigenvalue weighted by Gasteiger charge is -2.18. The van der Waals surface area contributed by atoms with Crippen LogP contribution in [-0.2, 0) is 11.2 Å². The van der Waals surface area contributed by atoms with Crippen molar-refractivity contribution in [2.75, 3.05) is 32.1 Å². The molecule has 6 nitrogen and oxygen atoms in total. The Kier molecular flexibility index (Phi) is 9.51. The van der Waals surface area contributed by atoms with E-state index in [1.807, 2.05) is 18.2 Å². The molecule has 134 valence electrons. The van der Waals surface area contributed by atoms with Gasteiger partial charge < -0.3 is 20.7 Å². The van der Waals surface area contributed by atoms with E-state index >= 15 is 0 Å². The molecule has 3 N–H and O–H groups in total. The number of aryl methyl sites for hydroxylation is 1. The van der Waals surface area contributed by atoms with Crippen molar-refractivity contribution in [3.8, 4) is 5.75 Å². The molecule has 1 heterocycles. The number of carbonyl (C=O) groups is 1. The highest BCUT2D eigenvalue weighted by Gasteiger charge is 2.14. The van der Waals surface area contributed by atoms with Gasteiger partial charge in [-0.1, -0.05) is 13.3 Å². The van der Waals surface area contributed by atoms with Gasteiger partial charge in [0, 0.05) is 25.7 Å². The number of hydrogen-bond acceptors (Lipinski definition) is 3. The molecule has 1 aliphatic rings. The normalized spacial score (nSPS) is 13.4. The van der Waals surface area contributed by atoms with Crippen LogP contribution in [0.3, 0.4) is 0 Å². The molecule has 1 amide bonds. The van der Waals surface area contributed by atoms with Gasteiger partial charge in [-0.05, 0) is 36.6 Å². The topological polar surface area (TPSA) is 74.8 Å².